The molecule has 0 saturated heterocycles. The van der Waals surface area contributed by atoms with Gasteiger partial charge < -0.3 is 0 Å². The van der Waals surface area contributed by atoms with Crippen LogP contribution in [0.4, 0.5) is 0 Å². The van der Waals surface area contributed by atoms with E-state index in [1.54, 1.807) is 0 Å². The highest BCUT2D eigenvalue weighted by Crippen LogP contribution is 2.62. The van der Waals surface area contributed by atoms with Crippen molar-refractivity contribution in [3.8, 4) is 55.6 Å². The normalized spacial score (nSPS) is 17.1. The third kappa shape index (κ3) is 4.51. The minimum atomic E-state index is -1.81. The van der Waals surface area contributed by atoms with Gasteiger partial charge in [0, 0.05) is 22.0 Å². The van der Waals surface area contributed by atoms with Crippen LogP contribution in [0.25, 0.3) is 88.0 Å². The third-order valence-corrected chi connectivity index (χ3v) is 19.3. The van der Waals surface area contributed by atoms with Gasteiger partial charge in [0.1, 0.15) is 23.2 Å². The van der Waals surface area contributed by atoms with Crippen LogP contribution in [-0.4, -0.2) is 6.66 Å². The van der Waals surface area contributed by atoms with Crippen molar-refractivity contribution < 1.29 is 0 Å². The zero-order valence-electron chi connectivity index (χ0n) is 35.8. The molecule has 0 nitrogen and oxygen atoms in total. The van der Waals surface area contributed by atoms with E-state index >= 15 is 0 Å². The average Bonchev–Trinajstić information content (AvgIpc) is 3.81. The van der Waals surface area contributed by atoms with E-state index in [2.05, 4.69) is 222 Å². The Kier molecular flexibility index (Phi) is 7.28. The Morgan fingerprint density at radius 3 is 1.47 bits per heavy atom. The molecule has 294 valence electrons. The van der Waals surface area contributed by atoms with Crippen molar-refractivity contribution in [2.45, 2.75) is 38.5 Å². The maximum atomic E-state index is 2.59. The molecule has 0 aromatic heterocycles. The van der Waals surface area contributed by atoms with Crippen LogP contribution >= 0.6 is 7.26 Å². The zero-order chi connectivity index (χ0) is 41.7. The molecule has 1 heteroatoms. The third-order valence-electron chi connectivity index (χ3n) is 15.3. The molecule has 0 amide bonds. The zero-order valence-corrected chi connectivity index (χ0v) is 36.7. The Morgan fingerprint density at radius 2 is 0.823 bits per heavy atom. The molecular formula is C61H46P+. The van der Waals surface area contributed by atoms with E-state index < -0.39 is 7.26 Å². The molecule has 1 heterocycles. The molecule has 13 rings (SSSR count). The lowest BCUT2D eigenvalue weighted by Gasteiger charge is -2.26. The summed E-state index contributed by atoms with van der Waals surface area (Å²) in [7, 11) is -1.81. The largest absolute Gasteiger partial charge is 0.112 e. The monoisotopic (exact) mass is 809 g/mol. The van der Waals surface area contributed by atoms with Gasteiger partial charge in [0.05, 0.1) is 6.66 Å². The number of rotatable bonds is 3. The van der Waals surface area contributed by atoms with E-state index in [4.69, 9.17) is 0 Å². The minimum Gasteiger partial charge on any atom is -0.0620 e. The minimum absolute atomic E-state index is 0.103. The molecule has 2 aliphatic carbocycles. The van der Waals surface area contributed by atoms with E-state index in [-0.39, 0.29) is 10.8 Å². The summed E-state index contributed by atoms with van der Waals surface area (Å²) in [6, 6.07) is 72.1. The molecule has 10 aromatic rings. The van der Waals surface area contributed by atoms with Crippen molar-refractivity contribution >= 4 is 55.5 Å². The number of benzene rings is 10. The SMILES string of the molecule is CC1(C)c2ccccc2-c2c1ccc1c(-c3c4ccccc4c(-c4ccc5c(c4)-c4ccccc4[P+]5(C)c4ccccc4)c4ccccc34)cc3c(c21)-c1ccccc1C3(C)C. The lowest BCUT2D eigenvalue weighted by atomic mass is 9.77. The second-order valence-electron chi connectivity index (χ2n) is 19.0. The molecule has 1 aliphatic heterocycles. The van der Waals surface area contributed by atoms with Crippen LogP contribution in [0.3, 0.4) is 0 Å². The molecule has 0 N–H and O–H groups in total. The van der Waals surface area contributed by atoms with Gasteiger partial charge in [-0.05, 0) is 135 Å². The summed E-state index contributed by atoms with van der Waals surface area (Å²) in [5.74, 6) is 0. The maximum Gasteiger partial charge on any atom is 0.112 e. The molecular weight excluding hydrogens is 764 g/mol. The van der Waals surface area contributed by atoms with Crippen molar-refractivity contribution in [1.82, 2.24) is 0 Å². The van der Waals surface area contributed by atoms with Crippen molar-refractivity contribution in [2.24, 2.45) is 0 Å². The summed E-state index contributed by atoms with van der Waals surface area (Å²) in [6.45, 7) is 12.2. The fourth-order valence-corrected chi connectivity index (χ4v) is 16.0. The molecule has 62 heavy (non-hydrogen) atoms. The van der Waals surface area contributed by atoms with Gasteiger partial charge in [0.25, 0.3) is 0 Å². The summed E-state index contributed by atoms with van der Waals surface area (Å²) in [5, 5.41) is 12.3. The first-order chi connectivity index (χ1) is 30.2. The molecule has 0 spiro atoms. The Balaban J connectivity index is 1.13. The molecule has 0 saturated carbocycles. The lowest BCUT2D eigenvalue weighted by Crippen LogP contribution is -2.26. The predicted octanol–water partition coefficient (Wildman–Crippen LogP) is 15.0. The van der Waals surface area contributed by atoms with Gasteiger partial charge in [-0.25, -0.2) is 0 Å². The van der Waals surface area contributed by atoms with E-state index in [0.717, 1.165) is 0 Å². The molecule has 0 bridgehead atoms. The molecule has 0 fully saturated rings. The Labute approximate surface area is 364 Å². The summed E-state index contributed by atoms with van der Waals surface area (Å²) >= 11 is 0. The van der Waals surface area contributed by atoms with Crippen molar-refractivity contribution in [1.29, 1.82) is 0 Å². The average molecular weight is 810 g/mol. The Hall–Kier alpha value is -6.59. The fraction of sp³-hybridized carbons (Fsp3) is 0.115. The predicted molar refractivity (Wildman–Crippen MR) is 269 cm³/mol. The van der Waals surface area contributed by atoms with Crippen LogP contribution in [0.5, 0.6) is 0 Å². The molecule has 1 atom stereocenters. The molecule has 3 aliphatic rings. The van der Waals surface area contributed by atoms with Gasteiger partial charge in [-0.2, -0.15) is 0 Å². The number of fused-ring (bicyclic) bond motifs is 14. The van der Waals surface area contributed by atoms with Crippen LogP contribution in [0.15, 0.2) is 188 Å². The van der Waals surface area contributed by atoms with Crippen molar-refractivity contribution in [2.75, 3.05) is 6.66 Å². The fourth-order valence-electron chi connectivity index (χ4n) is 12.3. The second-order valence-corrected chi connectivity index (χ2v) is 22.5. The topological polar surface area (TPSA) is 0 Å². The highest BCUT2D eigenvalue weighted by atomic mass is 31.2. The quantitative estimate of drug-likeness (QED) is 0.123. The van der Waals surface area contributed by atoms with Crippen LogP contribution in [-0.2, 0) is 10.8 Å². The van der Waals surface area contributed by atoms with E-state index in [1.165, 1.54) is 126 Å². The maximum absolute atomic E-state index is 2.59. The first kappa shape index (κ1) is 36.1. The highest BCUT2D eigenvalue weighted by Gasteiger charge is 2.49. The van der Waals surface area contributed by atoms with Gasteiger partial charge in [0.2, 0.25) is 0 Å². The summed E-state index contributed by atoms with van der Waals surface area (Å²) in [4.78, 5) is 0. The number of hydrogen-bond acceptors (Lipinski definition) is 0. The number of hydrogen-bond donors (Lipinski definition) is 0. The lowest BCUT2D eigenvalue weighted by molar-refractivity contribution is 0.660. The van der Waals surface area contributed by atoms with E-state index in [1.807, 2.05) is 0 Å². The smallest absolute Gasteiger partial charge is 0.0620 e. The van der Waals surface area contributed by atoms with E-state index in [9.17, 15) is 0 Å². The summed E-state index contributed by atoms with van der Waals surface area (Å²) in [6.07, 6.45) is 0. The van der Waals surface area contributed by atoms with Gasteiger partial charge >= 0.3 is 0 Å². The first-order valence-electron chi connectivity index (χ1n) is 22.1. The van der Waals surface area contributed by atoms with E-state index in [0.29, 0.717) is 0 Å². The van der Waals surface area contributed by atoms with Crippen molar-refractivity contribution in [3.63, 3.8) is 0 Å². The summed E-state index contributed by atoms with van der Waals surface area (Å²) < 4.78 is 0. The Morgan fingerprint density at radius 1 is 0.323 bits per heavy atom. The van der Waals surface area contributed by atoms with Gasteiger partial charge in [-0.3, -0.25) is 0 Å². The first-order valence-corrected chi connectivity index (χ1v) is 24.4. The van der Waals surface area contributed by atoms with Gasteiger partial charge in [-0.1, -0.05) is 179 Å². The van der Waals surface area contributed by atoms with Crippen LogP contribution < -0.4 is 15.9 Å². The van der Waals surface area contributed by atoms with Gasteiger partial charge in [0.15, 0.2) is 0 Å². The molecule has 10 aromatic carbocycles. The van der Waals surface area contributed by atoms with Crippen LogP contribution in [0, 0.1) is 0 Å². The van der Waals surface area contributed by atoms with Gasteiger partial charge in [-0.15, -0.1) is 0 Å². The van der Waals surface area contributed by atoms with Crippen LogP contribution in [0.2, 0.25) is 0 Å². The molecule has 1 unspecified atom stereocenters. The summed E-state index contributed by atoms with van der Waals surface area (Å²) in [5.41, 5.74) is 18.9. The standard InChI is InChI=1S/C61H46P/c1-60(2)49-28-16-13-26-45(49)57-51(60)33-32-44-48(36-52-58(59(44)57)46-27-14-17-29-50(46)61(52,3)4)56-42-24-11-9-22-40(42)55(41-23-10-12-25-43(41)56)37-31-34-54-47(35-37)39-21-15-18-30-53(39)62(54,5)38-19-7-6-8-20-38/h6-36H,1-5H3/q+1. The second kappa shape index (κ2) is 12.5. The Bertz CT molecular complexity index is 3510. The van der Waals surface area contributed by atoms with Crippen molar-refractivity contribution in [3.05, 3.63) is 210 Å². The van der Waals surface area contributed by atoms with Crippen LogP contribution in [0.1, 0.15) is 49.9 Å². The highest BCUT2D eigenvalue weighted by molar-refractivity contribution is 7.96. The molecule has 0 radical (unpaired) electrons.